The molecule has 4 fully saturated rings. The van der Waals surface area contributed by atoms with Crippen LogP contribution >= 0.6 is 0 Å². The highest BCUT2D eigenvalue weighted by Gasteiger charge is 2.63. The number of hydrogen-bond donors (Lipinski definition) is 2. The van der Waals surface area contributed by atoms with Crippen molar-refractivity contribution in [1.29, 1.82) is 0 Å². The number of Topliss-reactive ketones (excluding diaryl/α,β-unsaturated/α-hetero) is 1. The minimum Gasteiger partial charge on any atom is -0.387 e. The zero-order chi connectivity index (χ0) is 23.4. The standard InChI is InChI=1S/C28H40N2O3/c1-19(32)22-8-9-23-21-7-6-20-16-28(33,11-4-5-15-31)25(30-14-13-29-18-30)17-27(20,3)24(21)10-12-26(22,23)2/h13-14,18,20-25,31,33H,6-12,15-17H2,1-3H3/t20?,21-,22+,23-,24-,25?,26+,27-,28?/m0/s1. The Labute approximate surface area is 198 Å². The van der Waals surface area contributed by atoms with Crippen LogP contribution in [0.25, 0.3) is 0 Å². The van der Waals surface area contributed by atoms with Gasteiger partial charge in [-0.25, -0.2) is 4.98 Å². The summed E-state index contributed by atoms with van der Waals surface area (Å²) in [5, 5.41) is 21.0. The van der Waals surface area contributed by atoms with Gasteiger partial charge in [0.1, 0.15) is 12.4 Å². The molecule has 1 heterocycles. The molecule has 9 atom stereocenters. The number of aliphatic hydroxyl groups is 2. The van der Waals surface area contributed by atoms with Gasteiger partial charge in [0.2, 0.25) is 0 Å². The van der Waals surface area contributed by atoms with E-state index in [1.807, 2.05) is 12.5 Å². The van der Waals surface area contributed by atoms with Crippen molar-refractivity contribution in [1.82, 2.24) is 9.55 Å². The monoisotopic (exact) mass is 452 g/mol. The number of imidazole rings is 1. The van der Waals surface area contributed by atoms with Gasteiger partial charge in [-0.1, -0.05) is 25.7 Å². The van der Waals surface area contributed by atoms with Gasteiger partial charge in [0.05, 0.1) is 18.0 Å². The predicted molar refractivity (Wildman–Crippen MR) is 127 cm³/mol. The lowest BCUT2D eigenvalue weighted by Gasteiger charge is -2.63. The van der Waals surface area contributed by atoms with Crippen molar-refractivity contribution in [2.75, 3.05) is 6.61 Å². The van der Waals surface area contributed by atoms with E-state index in [0.29, 0.717) is 35.9 Å². The first kappa shape index (κ1) is 23.1. The smallest absolute Gasteiger partial charge is 0.133 e. The molecule has 4 saturated carbocycles. The molecule has 0 aromatic carbocycles. The van der Waals surface area contributed by atoms with Gasteiger partial charge in [-0.3, -0.25) is 4.79 Å². The van der Waals surface area contributed by atoms with Crippen LogP contribution in [0.2, 0.25) is 0 Å². The van der Waals surface area contributed by atoms with E-state index in [1.165, 1.54) is 19.3 Å². The Balaban J connectivity index is 1.46. The highest BCUT2D eigenvalue weighted by molar-refractivity contribution is 5.79. The molecular formula is C28H40N2O3. The third-order valence-corrected chi connectivity index (χ3v) is 10.9. The minimum absolute atomic E-state index is 0.0603. The summed E-state index contributed by atoms with van der Waals surface area (Å²) >= 11 is 0. The molecular weight excluding hydrogens is 412 g/mol. The van der Waals surface area contributed by atoms with E-state index in [-0.39, 0.29) is 29.4 Å². The van der Waals surface area contributed by atoms with Gasteiger partial charge in [0.25, 0.3) is 0 Å². The van der Waals surface area contributed by atoms with Crippen LogP contribution in [0.3, 0.4) is 0 Å². The number of ketones is 1. The van der Waals surface area contributed by atoms with Crippen LogP contribution in [-0.2, 0) is 4.79 Å². The van der Waals surface area contributed by atoms with Crippen LogP contribution < -0.4 is 0 Å². The molecule has 0 bridgehead atoms. The molecule has 180 valence electrons. The highest BCUT2D eigenvalue weighted by Crippen LogP contribution is 2.69. The van der Waals surface area contributed by atoms with Crippen molar-refractivity contribution in [3.8, 4) is 11.8 Å². The second kappa shape index (κ2) is 8.24. The third-order valence-electron chi connectivity index (χ3n) is 10.9. The van der Waals surface area contributed by atoms with Crippen molar-refractivity contribution in [2.45, 2.75) is 90.2 Å². The lowest BCUT2D eigenvalue weighted by atomic mass is 9.43. The first-order chi connectivity index (χ1) is 15.7. The van der Waals surface area contributed by atoms with E-state index >= 15 is 0 Å². The Morgan fingerprint density at radius 2 is 1.88 bits per heavy atom. The SMILES string of the molecule is CC(=O)[C@H]1CC[C@H]2[C@@H]3CCC4CC(O)(CC#CCO)C(n5ccnc5)C[C@]4(C)[C@H]3CC[C@]12C. The van der Waals surface area contributed by atoms with E-state index < -0.39 is 5.60 Å². The maximum absolute atomic E-state index is 12.4. The minimum atomic E-state index is -0.907. The van der Waals surface area contributed by atoms with E-state index in [4.69, 9.17) is 5.11 Å². The largest absolute Gasteiger partial charge is 0.387 e. The van der Waals surface area contributed by atoms with Crippen LogP contribution in [-0.4, -0.2) is 37.8 Å². The second-order valence-corrected chi connectivity index (χ2v) is 12.2. The summed E-state index contributed by atoms with van der Waals surface area (Å²) in [6.45, 7) is 6.55. The topological polar surface area (TPSA) is 75.3 Å². The maximum atomic E-state index is 12.4. The summed E-state index contributed by atoms with van der Waals surface area (Å²) in [5.74, 6) is 8.91. The number of aliphatic hydroxyl groups excluding tert-OH is 1. The van der Waals surface area contributed by atoms with Gasteiger partial charge < -0.3 is 14.8 Å². The molecule has 33 heavy (non-hydrogen) atoms. The van der Waals surface area contributed by atoms with E-state index in [1.54, 1.807) is 13.1 Å². The molecule has 4 aliphatic rings. The van der Waals surface area contributed by atoms with E-state index in [0.717, 1.165) is 32.1 Å². The summed E-state index contributed by atoms with van der Waals surface area (Å²) in [7, 11) is 0. The molecule has 2 N–H and O–H groups in total. The zero-order valence-corrected chi connectivity index (χ0v) is 20.5. The average molecular weight is 453 g/mol. The molecule has 5 heteroatoms. The Bertz CT molecular complexity index is 948. The molecule has 4 aliphatic carbocycles. The van der Waals surface area contributed by atoms with Gasteiger partial charge in [0.15, 0.2) is 0 Å². The average Bonchev–Trinajstić information content (AvgIpc) is 3.41. The molecule has 3 unspecified atom stereocenters. The predicted octanol–water partition coefficient (Wildman–Crippen LogP) is 4.40. The summed E-state index contributed by atoms with van der Waals surface area (Å²) in [4.78, 5) is 16.7. The second-order valence-electron chi connectivity index (χ2n) is 12.2. The van der Waals surface area contributed by atoms with Crippen LogP contribution in [0.4, 0.5) is 0 Å². The van der Waals surface area contributed by atoms with Crippen molar-refractivity contribution >= 4 is 5.78 Å². The van der Waals surface area contributed by atoms with Crippen LogP contribution in [0, 0.1) is 52.3 Å². The summed E-state index contributed by atoms with van der Waals surface area (Å²) in [6, 6.07) is -0.0603. The summed E-state index contributed by atoms with van der Waals surface area (Å²) < 4.78 is 2.10. The van der Waals surface area contributed by atoms with Gasteiger partial charge >= 0.3 is 0 Å². The number of carbonyl (C=O) groups excluding carboxylic acids is 1. The highest BCUT2D eigenvalue weighted by atomic mass is 16.3. The quantitative estimate of drug-likeness (QED) is 0.667. The molecule has 0 aliphatic heterocycles. The number of aromatic nitrogens is 2. The zero-order valence-electron chi connectivity index (χ0n) is 20.5. The summed E-state index contributed by atoms with van der Waals surface area (Å²) in [5.41, 5.74) is -0.560. The van der Waals surface area contributed by atoms with Gasteiger partial charge in [0, 0.05) is 24.7 Å². The molecule has 0 spiro atoms. The Kier molecular flexibility index (Phi) is 5.77. The molecule has 1 aromatic heterocycles. The number of fused-ring (bicyclic) bond motifs is 5. The Morgan fingerprint density at radius 3 is 2.58 bits per heavy atom. The molecule has 0 radical (unpaired) electrons. The number of nitrogens with zero attached hydrogens (tertiary/aromatic N) is 2. The molecule has 0 amide bonds. The number of rotatable bonds is 3. The fourth-order valence-corrected chi connectivity index (χ4v) is 9.32. The third kappa shape index (κ3) is 3.51. The maximum Gasteiger partial charge on any atom is 0.133 e. The first-order valence-corrected chi connectivity index (χ1v) is 13.0. The van der Waals surface area contributed by atoms with Crippen molar-refractivity contribution < 1.29 is 15.0 Å². The van der Waals surface area contributed by atoms with Crippen LogP contribution in [0.1, 0.15) is 84.6 Å². The van der Waals surface area contributed by atoms with Crippen LogP contribution in [0.5, 0.6) is 0 Å². The summed E-state index contributed by atoms with van der Waals surface area (Å²) in [6.07, 6.45) is 14.7. The number of carbonyl (C=O) groups is 1. The van der Waals surface area contributed by atoms with Gasteiger partial charge in [-0.05, 0) is 92.8 Å². The Hall–Kier alpha value is -1.64. The lowest BCUT2D eigenvalue weighted by Crippen LogP contribution is -2.59. The fourth-order valence-electron chi connectivity index (χ4n) is 9.32. The van der Waals surface area contributed by atoms with E-state index in [9.17, 15) is 9.90 Å². The van der Waals surface area contributed by atoms with Gasteiger partial charge in [-0.2, -0.15) is 0 Å². The molecule has 5 rings (SSSR count). The number of hydrogen-bond acceptors (Lipinski definition) is 4. The molecule has 5 nitrogen and oxygen atoms in total. The van der Waals surface area contributed by atoms with Crippen molar-refractivity contribution in [2.24, 2.45) is 40.4 Å². The fraction of sp³-hybridized carbons (Fsp3) is 0.786. The molecule has 1 aromatic rings. The van der Waals surface area contributed by atoms with Crippen LogP contribution in [0.15, 0.2) is 18.7 Å². The normalized spacial score (nSPS) is 46.5. The molecule has 0 saturated heterocycles. The van der Waals surface area contributed by atoms with Gasteiger partial charge in [-0.15, -0.1) is 0 Å². The van der Waals surface area contributed by atoms with Crippen molar-refractivity contribution in [3.63, 3.8) is 0 Å². The van der Waals surface area contributed by atoms with E-state index in [2.05, 4.69) is 35.2 Å². The first-order valence-electron chi connectivity index (χ1n) is 13.0. The lowest BCUT2D eigenvalue weighted by molar-refractivity contribution is -0.170. The Morgan fingerprint density at radius 1 is 1.09 bits per heavy atom. The van der Waals surface area contributed by atoms with Crippen molar-refractivity contribution in [3.05, 3.63) is 18.7 Å².